The third kappa shape index (κ3) is 4.13. The van der Waals surface area contributed by atoms with Crippen molar-refractivity contribution in [1.29, 1.82) is 5.26 Å². The zero-order chi connectivity index (χ0) is 20.2. The van der Waals surface area contributed by atoms with Gasteiger partial charge in [-0.05, 0) is 47.0 Å². The maximum Gasteiger partial charge on any atom is 0.248 e. The summed E-state index contributed by atoms with van der Waals surface area (Å²) in [7, 11) is 0. The van der Waals surface area contributed by atoms with Gasteiger partial charge in [-0.3, -0.25) is 4.79 Å². The van der Waals surface area contributed by atoms with Crippen molar-refractivity contribution in [3.8, 4) is 6.07 Å². The predicted molar refractivity (Wildman–Crippen MR) is 112 cm³/mol. The Bertz CT molecular complexity index is 1230. The lowest BCUT2D eigenvalue weighted by Gasteiger charge is -2.22. The number of nitriles is 1. The van der Waals surface area contributed by atoms with Crippen LogP contribution in [0.5, 0.6) is 0 Å². The molecule has 2 aromatic heterocycles. The van der Waals surface area contributed by atoms with Gasteiger partial charge in [0.05, 0.1) is 24.0 Å². The maximum absolute atomic E-state index is 12.0. The molecule has 142 valence electrons. The summed E-state index contributed by atoms with van der Waals surface area (Å²) in [4.78, 5) is 19.0. The van der Waals surface area contributed by atoms with Crippen molar-refractivity contribution in [1.82, 2.24) is 14.5 Å². The van der Waals surface area contributed by atoms with Crippen LogP contribution in [0.3, 0.4) is 0 Å². The molecule has 0 aliphatic rings. The largest absolute Gasteiger partial charge is 0.329 e. The summed E-state index contributed by atoms with van der Waals surface area (Å²) in [6.07, 6.45) is 5.88. The molecule has 0 fully saturated rings. The van der Waals surface area contributed by atoms with Crippen LogP contribution in [0.15, 0.2) is 84.2 Å². The summed E-state index contributed by atoms with van der Waals surface area (Å²) < 4.78 is 2.05. The van der Waals surface area contributed by atoms with Gasteiger partial charge in [-0.1, -0.05) is 35.9 Å². The molecule has 0 radical (unpaired) electrons. The number of hydrogen-bond donors (Lipinski definition) is 1. The number of halogens is 1. The second-order valence-electron chi connectivity index (χ2n) is 6.72. The van der Waals surface area contributed by atoms with Crippen LogP contribution in [0.25, 0.3) is 0 Å². The minimum atomic E-state index is -0.244. The first kappa shape index (κ1) is 18.7. The monoisotopic (exact) mass is 400 g/mol. The van der Waals surface area contributed by atoms with Gasteiger partial charge >= 0.3 is 0 Å². The van der Waals surface area contributed by atoms with E-state index in [0.29, 0.717) is 17.0 Å². The van der Waals surface area contributed by atoms with E-state index >= 15 is 0 Å². The van der Waals surface area contributed by atoms with Crippen molar-refractivity contribution in [3.63, 3.8) is 0 Å². The van der Waals surface area contributed by atoms with Gasteiger partial charge in [-0.15, -0.1) is 0 Å². The van der Waals surface area contributed by atoms with Crippen LogP contribution < -0.4 is 5.56 Å². The molecular formula is C23H17ClN4O. The van der Waals surface area contributed by atoms with Crippen LogP contribution in [0.1, 0.15) is 34.0 Å². The van der Waals surface area contributed by atoms with E-state index in [0.717, 1.165) is 22.4 Å². The highest BCUT2D eigenvalue weighted by atomic mass is 35.5. The number of H-pyrrole nitrogens is 1. The Morgan fingerprint density at radius 1 is 1.10 bits per heavy atom. The average Bonchev–Trinajstić information content (AvgIpc) is 3.17. The van der Waals surface area contributed by atoms with E-state index in [9.17, 15) is 4.79 Å². The zero-order valence-corrected chi connectivity index (χ0v) is 16.2. The van der Waals surface area contributed by atoms with E-state index < -0.39 is 0 Å². The summed E-state index contributed by atoms with van der Waals surface area (Å²) in [5.74, 6) is 0. The number of nitrogens with one attached hydrogen (secondary N) is 1. The lowest BCUT2D eigenvalue weighted by Crippen LogP contribution is -2.17. The zero-order valence-electron chi connectivity index (χ0n) is 15.4. The van der Waals surface area contributed by atoms with Gasteiger partial charge in [0.25, 0.3) is 0 Å². The standard InChI is InChI=1S/C23H17ClN4O/c24-20-3-1-2-18(11-20)23(19-8-9-27-22(29)12-19)28-15-26-14-21(28)10-16-4-6-17(13-25)7-5-16/h1-9,11-12,14-15,23H,10H2,(H,27,29). The Kier molecular flexibility index (Phi) is 5.28. The molecule has 4 rings (SSSR count). The number of rotatable bonds is 5. The Hall–Kier alpha value is -3.62. The Labute approximate surface area is 172 Å². The van der Waals surface area contributed by atoms with Gasteiger partial charge in [-0.25, -0.2) is 4.98 Å². The molecule has 2 aromatic carbocycles. The van der Waals surface area contributed by atoms with Gasteiger partial charge < -0.3 is 9.55 Å². The van der Waals surface area contributed by atoms with Crippen molar-refractivity contribution < 1.29 is 0 Å². The minimum absolute atomic E-state index is 0.164. The van der Waals surface area contributed by atoms with Crippen LogP contribution in [-0.2, 0) is 6.42 Å². The van der Waals surface area contributed by atoms with Crippen molar-refractivity contribution >= 4 is 11.6 Å². The van der Waals surface area contributed by atoms with Crippen molar-refractivity contribution in [2.75, 3.05) is 0 Å². The van der Waals surface area contributed by atoms with Crippen LogP contribution in [-0.4, -0.2) is 14.5 Å². The SMILES string of the molecule is N#Cc1ccc(Cc2cncn2C(c2cccc(Cl)c2)c2cc[nH]c(=O)c2)cc1. The molecule has 29 heavy (non-hydrogen) atoms. The van der Waals surface area contributed by atoms with Gasteiger partial charge in [0.2, 0.25) is 5.56 Å². The molecule has 6 heteroatoms. The van der Waals surface area contributed by atoms with E-state index in [1.165, 1.54) is 0 Å². The molecule has 0 amide bonds. The minimum Gasteiger partial charge on any atom is -0.329 e. The molecule has 0 aliphatic heterocycles. The average molecular weight is 401 g/mol. The maximum atomic E-state index is 12.0. The number of aromatic nitrogens is 3. The first-order valence-corrected chi connectivity index (χ1v) is 9.45. The third-order valence-corrected chi connectivity index (χ3v) is 5.01. The molecule has 0 bridgehead atoms. The second-order valence-corrected chi connectivity index (χ2v) is 7.16. The predicted octanol–water partition coefficient (Wildman–Crippen LogP) is 4.32. The topological polar surface area (TPSA) is 74.5 Å². The summed E-state index contributed by atoms with van der Waals surface area (Å²) >= 11 is 6.25. The van der Waals surface area contributed by atoms with Gasteiger partial charge in [0.15, 0.2) is 0 Å². The van der Waals surface area contributed by atoms with E-state index in [1.807, 2.05) is 48.7 Å². The molecule has 1 unspecified atom stereocenters. The molecule has 0 saturated carbocycles. The van der Waals surface area contributed by atoms with Crippen LogP contribution in [0, 0.1) is 11.3 Å². The number of benzene rings is 2. The number of hydrogen-bond acceptors (Lipinski definition) is 3. The Balaban J connectivity index is 1.79. The number of nitrogens with zero attached hydrogens (tertiary/aromatic N) is 3. The highest BCUT2D eigenvalue weighted by Crippen LogP contribution is 2.29. The smallest absolute Gasteiger partial charge is 0.248 e. The molecule has 0 spiro atoms. The molecule has 2 heterocycles. The number of pyridine rings is 1. The highest BCUT2D eigenvalue weighted by Gasteiger charge is 2.20. The summed E-state index contributed by atoms with van der Waals surface area (Å²) in [6, 6.07) is 20.5. The second kappa shape index (κ2) is 8.17. The van der Waals surface area contributed by atoms with Gasteiger partial charge in [0, 0.05) is 35.6 Å². The lowest BCUT2D eigenvalue weighted by molar-refractivity contribution is 0.648. The first-order valence-electron chi connectivity index (χ1n) is 9.08. The van der Waals surface area contributed by atoms with Crippen LogP contribution >= 0.6 is 11.6 Å². The first-order chi connectivity index (χ1) is 14.1. The molecule has 1 atom stereocenters. The normalized spacial score (nSPS) is 11.7. The summed E-state index contributed by atoms with van der Waals surface area (Å²) in [5.41, 5.74) is 4.32. The fourth-order valence-corrected chi connectivity index (χ4v) is 3.63. The van der Waals surface area contributed by atoms with Crippen molar-refractivity contribution in [2.24, 2.45) is 0 Å². The van der Waals surface area contributed by atoms with E-state index in [2.05, 4.69) is 20.6 Å². The Morgan fingerprint density at radius 3 is 2.62 bits per heavy atom. The Morgan fingerprint density at radius 2 is 1.90 bits per heavy atom. The molecule has 0 saturated heterocycles. The van der Waals surface area contributed by atoms with Crippen molar-refractivity contribution in [2.45, 2.75) is 12.5 Å². The number of imidazole rings is 1. The van der Waals surface area contributed by atoms with E-state index in [-0.39, 0.29) is 11.6 Å². The summed E-state index contributed by atoms with van der Waals surface area (Å²) in [5, 5.41) is 9.63. The van der Waals surface area contributed by atoms with Crippen LogP contribution in [0.2, 0.25) is 5.02 Å². The molecule has 4 aromatic rings. The van der Waals surface area contributed by atoms with E-state index in [1.54, 1.807) is 30.7 Å². The highest BCUT2D eigenvalue weighted by molar-refractivity contribution is 6.30. The molecular weight excluding hydrogens is 384 g/mol. The van der Waals surface area contributed by atoms with E-state index in [4.69, 9.17) is 16.9 Å². The van der Waals surface area contributed by atoms with Crippen molar-refractivity contribution in [3.05, 3.63) is 123 Å². The van der Waals surface area contributed by atoms with Gasteiger partial charge in [0.1, 0.15) is 0 Å². The van der Waals surface area contributed by atoms with Gasteiger partial charge in [-0.2, -0.15) is 5.26 Å². The molecule has 0 aliphatic carbocycles. The molecule has 1 N–H and O–H groups in total. The van der Waals surface area contributed by atoms with Crippen LogP contribution in [0.4, 0.5) is 0 Å². The fourth-order valence-electron chi connectivity index (χ4n) is 3.43. The summed E-state index contributed by atoms with van der Waals surface area (Å²) in [6.45, 7) is 0. The molecule has 5 nitrogen and oxygen atoms in total. The third-order valence-electron chi connectivity index (χ3n) is 4.77. The quantitative estimate of drug-likeness (QED) is 0.542. The lowest BCUT2D eigenvalue weighted by atomic mass is 9.98. The fraction of sp³-hybridized carbons (Fsp3) is 0.0870. The number of aromatic amines is 1.